The summed E-state index contributed by atoms with van der Waals surface area (Å²) in [7, 11) is -10.4. The van der Waals surface area contributed by atoms with Gasteiger partial charge < -0.3 is 14.2 Å². The van der Waals surface area contributed by atoms with Gasteiger partial charge in [0.05, 0.1) is 15.9 Å². The zero-order valence-corrected chi connectivity index (χ0v) is 13.5. The fraction of sp³-hybridized carbons (Fsp3) is 0.667. The van der Waals surface area contributed by atoms with E-state index in [0.717, 1.165) is 0 Å². The summed E-state index contributed by atoms with van der Waals surface area (Å²) < 4.78 is 60.2. The molecule has 0 aromatic rings. The summed E-state index contributed by atoms with van der Waals surface area (Å²) >= 11 is 0. The summed E-state index contributed by atoms with van der Waals surface area (Å²) in [5, 5.41) is 5.35. The second kappa shape index (κ2) is 7.58. The first-order valence-corrected chi connectivity index (χ1v) is 5.70. The third-order valence-corrected chi connectivity index (χ3v) is 3.00. The maximum Gasteiger partial charge on any atom is 1.00 e. The van der Waals surface area contributed by atoms with Crippen LogP contribution in [-0.2, 0) is 25.0 Å². The van der Waals surface area contributed by atoms with Crippen LogP contribution in [0.3, 0.4) is 0 Å². The summed E-state index contributed by atoms with van der Waals surface area (Å²) in [5.74, 6) is -3.91. The molecule has 78 valence electrons. The minimum absolute atomic E-state index is 0. The van der Waals surface area contributed by atoms with E-state index < -0.39 is 37.2 Å². The summed E-state index contributed by atoms with van der Waals surface area (Å²) in [5.41, 5.74) is 0. The van der Waals surface area contributed by atoms with Gasteiger partial charge in [-0.3, -0.25) is 4.79 Å². The molecule has 0 fully saturated rings. The van der Waals surface area contributed by atoms with Gasteiger partial charge in [0.2, 0.25) is 0 Å². The van der Waals surface area contributed by atoms with Crippen LogP contribution in [0.15, 0.2) is 0 Å². The molecule has 8 nitrogen and oxygen atoms in total. The Balaban J connectivity index is -0.000000720. The fourth-order valence-corrected chi connectivity index (χ4v) is 2.39. The molecule has 0 saturated carbocycles. The van der Waals surface area contributed by atoms with E-state index in [4.69, 9.17) is 5.11 Å². The van der Waals surface area contributed by atoms with Gasteiger partial charge >= 0.3 is 65.1 Å². The fourth-order valence-electron chi connectivity index (χ4n) is 0.463. The number of carboxylic acid groups (broad SMARTS) is 1. The molecule has 0 radical (unpaired) electrons. The molecule has 0 spiro atoms. The Hall–Kier alpha value is 1.29. The smallest absolute Gasteiger partial charge is 0.748 e. The van der Waals surface area contributed by atoms with Crippen LogP contribution in [0.4, 0.5) is 0 Å². The van der Waals surface area contributed by atoms with Gasteiger partial charge in [0, 0.05) is 0 Å². The van der Waals surface area contributed by atoms with Gasteiger partial charge in [-0.05, 0) is 0 Å². The molecule has 0 aliphatic heterocycles. The Labute approximate surface area is 131 Å². The molecule has 1 N–H and O–H groups in total. The summed E-state index contributed by atoms with van der Waals surface area (Å²) in [6.45, 7) is 0. The predicted molar refractivity (Wildman–Crippen MR) is 35.7 cm³/mol. The van der Waals surface area contributed by atoms with Crippen LogP contribution in [0.1, 0.15) is 0 Å². The van der Waals surface area contributed by atoms with E-state index in [-0.39, 0.29) is 59.1 Å². The van der Waals surface area contributed by atoms with Crippen molar-refractivity contribution < 1.29 is 95.0 Å². The third-order valence-electron chi connectivity index (χ3n) is 0.979. The van der Waals surface area contributed by atoms with Gasteiger partial charge in [-0.15, -0.1) is 0 Å². The van der Waals surface area contributed by atoms with E-state index in [1.807, 2.05) is 0 Å². The number of hydrogen-bond donors (Lipinski definition) is 1. The minimum atomic E-state index is -5.33. The predicted octanol–water partition coefficient (Wildman–Crippen LogP) is -8.46. The van der Waals surface area contributed by atoms with E-state index in [1.54, 1.807) is 0 Å². The molecule has 0 saturated heterocycles. The number of carboxylic acids is 1. The molecule has 0 aliphatic carbocycles. The first kappa shape index (κ1) is 21.6. The van der Waals surface area contributed by atoms with E-state index in [0.29, 0.717) is 0 Å². The molecule has 1 atom stereocenters. The van der Waals surface area contributed by atoms with Crippen LogP contribution in [0.5, 0.6) is 0 Å². The van der Waals surface area contributed by atoms with Gasteiger partial charge in [0.15, 0.2) is 5.25 Å². The van der Waals surface area contributed by atoms with Crippen LogP contribution in [0, 0.1) is 0 Å². The van der Waals surface area contributed by atoms with Crippen LogP contribution in [0.25, 0.3) is 0 Å². The summed E-state index contributed by atoms with van der Waals surface area (Å²) in [4.78, 5) is 10.0. The van der Waals surface area contributed by atoms with Crippen molar-refractivity contribution in [2.45, 2.75) is 5.25 Å². The Morgan fingerprint density at radius 3 is 1.53 bits per heavy atom. The molecular weight excluding hydrogens is 274 g/mol. The van der Waals surface area contributed by atoms with Crippen LogP contribution in [0.2, 0.25) is 0 Å². The zero-order chi connectivity index (χ0) is 10.9. The van der Waals surface area contributed by atoms with E-state index in [2.05, 4.69) is 0 Å². The van der Waals surface area contributed by atoms with Gasteiger partial charge in [-0.1, -0.05) is 0 Å². The van der Waals surface area contributed by atoms with Crippen LogP contribution < -0.4 is 59.1 Å². The number of aliphatic carboxylic acids is 1. The van der Waals surface area contributed by atoms with Crippen molar-refractivity contribution in [2.75, 3.05) is 5.75 Å². The van der Waals surface area contributed by atoms with Gasteiger partial charge in [-0.2, -0.15) is 0 Å². The molecular formula is C3H4Na2O8S2. The van der Waals surface area contributed by atoms with Crippen molar-refractivity contribution in [3.8, 4) is 0 Å². The maximum absolute atomic E-state index is 10.1. The van der Waals surface area contributed by atoms with Crippen molar-refractivity contribution in [2.24, 2.45) is 0 Å². The molecule has 0 rings (SSSR count). The average Bonchev–Trinajstić information content (AvgIpc) is 1.77. The minimum Gasteiger partial charge on any atom is -0.748 e. The molecule has 0 amide bonds. The van der Waals surface area contributed by atoms with Crippen molar-refractivity contribution >= 4 is 26.2 Å². The Bertz CT molecular complexity index is 396. The third kappa shape index (κ3) is 10.2. The topological polar surface area (TPSA) is 152 Å². The van der Waals surface area contributed by atoms with Gasteiger partial charge in [0.25, 0.3) is 0 Å². The van der Waals surface area contributed by atoms with Crippen molar-refractivity contribution in [3.63, 3.8) is 0 Å². The summed E-state index contributed by atoms with van der Waals surface area (Å²) in [6.07, 6.45) is 0. The second-order valence-corrected chi connectivity index (χ2v) is 5.05. The number of rotatable bonds is 4. The zero-order valence-electron chi connectivity index (χ0n) is 7.91. The maximum atomic E-state index is 10.1. The number of carbonyl (C=O) groups is 1. The van der Waals surface area contributed by atoms with Crippen molar-refractivity contribution in [1.82, 2.24) is 0 Å². The molecule has 0 aromatic carbocycles. The monoisotopic (exact) mass is 278 g/mol. The molecule has 12 heteroatoms. The molecule has 15 heavy (non-hydrogen) atoms. The van der Waals surface area contributed by atoms with Gasteiger partial charge in [0.1, 0.15) is 10.1 Å². The van der Waals surface area contributed by atoms with Crippen molar-refractivity contribution in [3.05, 3.63) is 0 Å². The quantitative estimate of drug-likeness (QED) is 0.393. The number of hydrogen-bond acceptors (Lipinski definition) is 7. The van der Waals surface area contributed by atoms with Crippen molar-refractivity contribution in [1.29, 1.82) is 0 Å². The van der Waals surface area contributed by atoms with Crippen LogP contribution >= 0.6 is 0 Å². The molecule has 0 aromatic heterocycles. The first-order valence-electron chi connectivity index (χ1n) is 2.65. The molecule has 1 unspecified atom stereocenters. The van der Waals surface area contributed by atoms with Crippen LogP contribution in [-0.4, -0.2) is 48.0 Å². The van der Waals surface area contributed by atoms with E-state index in [9.17, 15) is 30.7 Å². The van der Waals surface area contributed by atoms with E-state index >= 15 is 0 Å². The molecule has 0 aliphatic rings. The average molecular weight is 278 g/mol. The standard InChI is InChI=1S/C3H6O8S2.2Na/c4-3(5)2(13(9,10)11)1-12(6,7)8;;/h2H,1H2,(H,4,5)(H,6,7,8)(H,9,10,11);;/q;2*+1/p-2. The Morgan fingerprint density at radius 1 is 1.13 bits per heavy atom. The first-order chi connectivity index (χ1) is 5.54. The Morgan fingerprint density at radius 2 is 1.47 bits per heavy atom. The molecule has 0 bridgehead atoms. The van der Waals surface area contributed by atoms with E-state index in [1.165, 1.54) is 0 Å². The normalized spacial score (nSPS) is 13.2. The Kier molecular flexibility index (Phi) is 10.9. The second-order valence-electron chi connectivity index (χ2n) is 2.04. The summed E-state index contributed by atoms with van der Waals surface area (Å²) in [6, 6.07) is 0. The molecule has 0 heterocycles. The SMILES string of the molecule is O=C(O)C(CS(=O)(=O)[O-])S(=O)(=O)[O-].[Na+].[Na+]. The van der Waals surface area contributed by atoms with Gasteiger partial charge in [-0.25, -0.2) is 16.8 Å². The largest absolute Gasteiger partial charge is 1.00 e.